The molecule has 0 unspecified atom stereocenters. The predicted octanol–water partition coefficient (Wildman–Crippen LogP) is 2.40. The fourth-order valence-corrected chi connectivity index (χ4v) is 6.18. The summed E-state index contributed by atoms with van der Waals surface area (Å²) in [4.78, 5) is 2.64. The molecule has 0 aromatic heterocycles. The van der Waals surface area contributed by atoms with Crippen molar-refractivity contribution in [2.45, 2.75) is 49.0 Å². The number of benzene rings is 2. The van der Waals surface area contributed by atoms with E-state index in [0.717, 1.165) is 50.9 Å². The molecule has 1 aliphatic heterocycles. The van der Waals surface area contributed by atoms with Gasteiger partial charge in [0.1, 0.15) is 5.75 Å². The van der Waals surface area contributed by atoms with Crippen molar-refractivity contribution in [1.29, 1.82) is 0 Å². The van der Waals surface area contributed by atoms with Crippen LogP contribution in [0.4, 0.5) is 0 Å². The first kappa shape index (κ1) is 22.3. The third-order valence-corrected chi connectivity index (χ3v) is 8.50. The number of rotatable bonds is 7. The van der Waals surface area contributed by atoms with E-state index in [4.69, 9.17) is 5.14 Å². The van der Waals surface area contributed by atoms with Gasteiger partial charge in [-0.15, -0.1) is 0 Å². The fraction of sp³-hybridized carbons (Fsp3) is 0.500. The third-order valence-electron chi connectivity index (χ3n) is 7.57. The predicted molar refractivity (Wildman–Crippen MR) is 123 cm³/mol. The van der Waals surface area contributed by atoms with Gasteiger partial charge in [-0.25, -0.2) is 13.6 Å². The molecule has 2 bridgehead atoms. The summed E-state index contributed by atoms with van der Waals surface area (Å²) in [6, 6.07) is 13.2. The molecule has 2 aromatic rings. The second kappa shape index (κ2) is 8.54. The minimum atomic E-state index is -3.64. The molecule has 0 amide bonds. The van der Waals surface area contributed by atoms with Gasteiger partial charge in [0.15, 0.2) is 0 Å². The van der Waals surface area contributed by atoms with Crippen LogP contribution in [-0.2, 0) is 28.3 Å². The molecule has 0 radical (unpaired) electrons. The Morgan fingerprint density at radius 3 is 2.65 bits per heavy atom. The van der Waals surface area contributed by atoms with Gasteiger partial charge in [0.2, 0.25) is 10.0 Å². The Kier molecular flexibility index (Phi) is 6.14. The van der Waals surface area contributed by atoms with Gasteiger partial charge in [0.05, 0.1) is 4.90 Å². The molecule has 0 spiro atoms. The van der Waals surface area contributed by atoms with E-state index in [1.165, 1.54) is 11.1 Å². The van der Waals surface area contributed by atoms with Crippen LogP contribution in [-0.4, -0.2) is 51.1 Å². The molecule has 4 rings (SSSR count). The maximum Gasteiger partial charge on any atom is 0.238 e. The molecule has 168 valence electrons. The molecular formula is C24H33N3O3S. The molecule has 0 saturated carbocycles. The Labute approximate surface area is 185 Å². The molecule has 31 heavy (non-hydrogen) atoms. The van der Waals surface area contributed by atoms with E-state index < -0.39 is 10.0 Å². The van der Waals surface area contributed by atoms with Crippen molar-refractivity contribution in [2.24, 2.45) is 11.1 Å². The summed E-state index contributed by atoms with van der Waals surface area (Å²) >= 11 is 0. The highest BCUT2D eigenvalue weighted by Crippen LogP contribution is 2.51. The SMILES string of the molecule is C[C@H]1[C@H]2Cc3ccc(O)cc3[C@]1(CCNCCc1ccc(S(N)(=O)=O)cc1)CCN2C. The maximum atomic E-state index is 11.4. The molecule has 1 aliphatic carbocycles. The summed E-state index contributed by atoms with van der Waals surface area (Å²) in [5, 5.41) is 18.9. The van der Waals surface area contributed by atoms with Crippen molar-refractivity contribution in [1.82, 2.24) is 10.2 Å². The number of aromatic hydroxyl groups is 1. The van der Waals surface area contributed by atoms with E-state index in [1.807, 2.05) is 24.3 Å². The summed E-state index contributed by atoms with van der Waals surface area (Å²) in [5.74, 6) is 0.895. The molecular weight excluding hydrogens is 410 g/mol. The van der Waals surface area contributed by atoms with Gasteiger partial charge in [-0.1, -0.05) is 25.1 Å². The number of likely N-dealkylation sites (N-methyl/N-ethyl adjacent to an activating group) is 1. The quantitative estimate of drug-likeness (QED) is 0.571. The lowest BCUT2D eigenvalue weighted by atomic mass is 9.56. The Morgan fingerprint density at radius 2 is 1.94 bits per heavy atom. The van der Waals surface area contributed by atoms with E-state index in [1.54, 1.807) is 12.1 Å². The molecule has 1 saturated heterocycles. The second-order valence-electron chi connectivity index (χ2n) is 9.23. The minimum absolute atomic E-state index is 0.0909. The smallest absolute Gasteiger partial charge is 0.238 e. The Balaban J connectivity index is 1.40. The van der Waals surface area contributed by atoms with Crippen molar-refractivity contribution in [3.63, 3.8) is 0 Å². The van der Waals surface area contributed by atoms with E-state index >= 15 is 0 Å². The normalized spacial score (nSPS) is 25.9. The number of phenols is 1. The Hall–Kier alpha value is -1.93. The molecule has 1 fully saturated rings. The van der Waals surface area contributed by atoms with Crippen LogP contribution in [0.15, 0.2) is 47.4 Å². The van der Waals surface area contributed by atoms with Crippen molar-refractivity contribution in [3.05, 3.63) is 59.2 Å². The van der Waals surface area contributed by atoms with Gasteiger partial charge < -0.3 is 15.3 Å². The third kappa shape index (κ3) is 4.37. The number of hydrogen-bond donors (Lipinski definition) is 3. The number of nitrogens with zero attached hydrogens (tertiary/aromatic N) is 1. The lowest BCUT2D eigenvalue weighted by molar-refractivity contribution is 0.0360. The lowest BCUT2D eigenvalue weighted by Gasteiger charge is -2.55. The van der Waals surface area contributed by atoms with Crippen LogP contribution in [0.5, 0.6) is 5.75 Å². The van der Waals surface area contributed by atoms with Crippen molar-refractivity contribution < 1.29 is 13.5 Å². The number of likely N-dealkylation sites (tertiary alicyclic amines) is 1. The van der Waals surface area contributed by atoms with E-state index in [2.05, 4.69) is 30.3 Å². The number of primary sulfonamides is 1. The van der Waals surface area contributed by atoms with Gasteiger partial charge in [-0.3, -0.25) is 0 Å². The fourth-order valence-electron chi connectivity index (χ4n) is 5.67. The van der Waals surface area contributed by atoms with E-state index in [-0.39, 0.29) is 10.3 Å². The number of hydrogen-bond acceptors (Lipinski definition) is 5. The Morgan fingerprint density at radius 1 is 1.19 bits per heavy atom. The summed E-state index contributed by atoms with van der Waals surface area (Å²) < 4.78 is 22.8. The molecule has 6 nitrogen and oxygen atoms in total. The van der Waals surface area contributed by atoms with Crippen molar-refractivity contribution in [2.75, 3.05) is 26.7 Å². The summed E-state index contributed by atoms with van der Waals surface area (Å²) in [6.07, 6.45) is 4.03. The number of nitrogens with two attached hydrogens (primary N) is 1. The molecule has 3 atom stereocenters. The van der Waals surface area contributed by atoms with E-state index in [0.29, 0.717) is 17.7 Å². The highest BCUT2D eigenvalue weighted by atomic mass is 32.2. The minimum Gasteiger partial charge on any atom is -0.508 e. The van der Waals surface area contributed by atoms with Gasteiger partial charge in [0.25, 0.3) is 0 Å². The highest BCUT2D eigenvalue weighted by Gasteiger charge is 2.49. The zero-order valence-electron chi connectivity index (χ0n) is 18.3. The first-order chi connectivity index (χ1) is 14.7. The maximum absolute atomic E-state index is 11.4. The standard InChI is InChI=1S/C24H33N3O3S/c1-17-23-15-19-5-6-20(28)16-22(19)24(17,11-14-27(23)2)10-13-26-12-9-18-3-7-21(8-4-18)31(25,29)30/h3-8,16-17,23,26,28H,9-15H2,1-2H3,(H2,25,29,30)/t17-,23+,24+/m0/s1. The van der Waals surface area contributed by atoms with E-state index in [9.17, 15) is 13.5 Å². The second-order valence-corrected chi connectivity index (χ2v) is 10.8. The zero-order chi connectivity index (χ0) is 22.2. The molecule has 4 N–H and O–H groups in total. The van der Waals surface area contributed by atoms with Gasteiger partial charge >= 0.3 is 0 Å². The lowest BCUT2D eigenvalue weighted by Crippen LogP contribution is -2.58. The number of piperidine rings is 1. The average Bonchev–Trinajstić information content (AvgIpc) is 2.72. The highest BCUT2D eigenvalue weighted by molar-refractivity contribution is 7.89. The largest absolute Gasteiger partial charge is 0.508 e. The van der Waals surface area contributed by atoms with Crippen LogP contribution in [0.3, 0.4) is 0 Å². The van der Waals surface area contributed by atoms with Crippen LogP contribution >= 0.6 is 0 Å². The summed E-state index contributed by atoms with van der Waals surface area (Å²) in [7, 11) is -1.41. The van der Waals surface area contributed by atoms with Crippen LogP contribution in [0.25, 0.3) is 0 Å². The number of fused-ring (bicyclic) bond motifs is 4. The Bertz CT molecular complexity index is 1040. The van der Waals surface area contributed by atoms with Gasteiger partial charge in [0, 0.05) is 11.5 Å². The number of phenolic OH excluding ortho intramolecular Hbond substituents is 1. The zero-order valence-corrected chi connectivity index (χ0v) is 19.2. The number of nitrogens with one attached hydrogen (secondary N) is 1. The number of sulfonamides is 1. The van der Waals surface area contributed by atoms with Crippen LogP contribution in [0, 0.1) is 5.92 Å². The monoisotopic (exact) mass is 443 g/mol. The van der Waals surface area contributed by atoms with Crippen LogP contribution in [0.1, 0.15) is 36.5 Å². The van der Waals surface area contributed by atoms with Crippen LogP contribution < -0.4 is 10.5 Å². The molecule has 2 aliphatic rings. The summed E-state index contributed by atoms with van der Waals surface area (Å²) in [5.41, 5.74) is 3.89. The summed E-state index contributed by atoms with van der Waals surface area (Å²) in [6.45, 7) is 5.20. The molecule has 7 heteroatoms. The van der Waals surface area contributed by atoms with Gasteiger partial charge in [-0.2, -0.15) is 0 Å². The molecule has 1 heterocycles. The molecule has 2 aromatic carbocycles. The first-order valence-electron chi connectivity index (χ1n) is 11.1. The van der Waals surface area contributed by atoms with Gasteiger partial charge in [-0.05, 0) is 99.2 Å². The average molecular weight is 444 g/mol. The first-order valence-corrected chi connectivity index (χ1v) is 12.6. The van der Waals surface area contributed by atoms with Crippen LogP contribution in [0.2, 0.25) is 0 Å². The van der Waals surface area contributed by atoms with Crippen molar-refractivity contribution in [3.8, 4) is 5.75 Å². The topological polar surface area (TPSA) is 95.7 Å². The van der Waals surface area contributed by atoms with Crippen molar-refractivity contribution >= 4 is 10.0 Å².